The molecule has 1 aromatic rings. The van der Waals surface area contributed by atoms with Crippen LogP contribution < -0.4 is 4.74 Å². The van der Waals surface area contributed by atoms with Crippen molar-refractivity contribution in [2.45, 2.75) is 25.9 Å². The molecule has 0 aliphatic carbocycles. The second kappa shape index (κ2) is 7.80. The zero-order valence-electron chi connectivity index (χ0n) is 15.3. The van der Waals surface area contributed by atoms with Crippen molar-refractivity contribution >= 4 is 15.7 Å². The maximum absolute atomic E-state index is 12.7. The van der Waals surface area contributed by atoms with Gasteiger partial charge in [-0.15, -0.1) is 0 Å². The molecule has 0 N–H and O–H groups in total. The Balaban J connectivity index is 1.69. The van der Waals surface area contributed by atoms with E-state index in [0.717, 1.165) is 6.54 Å². The number of nitrogens with zero attached hydrogens (tertiary/aromatic N) is 2. The van der Waals surface area contributed by atoms with E-state index < -0.39 is 9.84 Å². The topological polar surface area (TPSA) is 66.9 Å². The zero-order valence-corrected chi connectivity index (χ0v) is 16.1. The molecule has 7 heteroatoms. The minimum absolute atomic E-state index is 0.0417. The van der Waals surface area contributed by atoms with Crippen LogP contribution in [-0.4, -0.2) is 74.0 Å². The van der Waals surface area contributed by atoms with Crippen molar-refractivity contribution in [1.29, 1.82) is 0 Å². The highest BCUT2D eigenvalue weighted by atomic mass is 32.2. The number of fused-ring (bicyclic) bond motifs is 1. The number of ether oxygens (including phenoxy) is 1. The molecule has 0 saturated carbocycles. The Morgan fingerprint density at radius 3 is 2.54 bits per heavy atom. The molecule has 1 aromatic carbocycles. The quantitative estimate of drug-likeness (QED) is 0.724. The number of rotatable bonds is 5. The molecule has 2 saturated heterocycles. The summed E-state index contributed by atoms with van der Waals surface area (Å²) in [4.78, 5) is 16.6. The first kappa shape index (κ1) is 18.9. The first-order chi connectivity index (χ1) is 12.4. The van der Waals surface area contributed by atoms with E-state index in [1.165, 1.54) is 5.57 Å². The molecular formula is C19H26N2O4S. The Morgan fingerprint density at radius 2 is 1.85 bits per heavy atom. The smallest absolute Gasteiger partial charge is 0.260 e. The maximum Gasteiger partial charge on any atom is 0.260 e. The lowest BCUT2D eigenvalue weighted by Crippen LogP contribution is -2.61. The first-order valence-electron chi connectivity index (χ1n) is 8.91. The molecule has 1 amide bonds. The van der Waals surface area contributed by atoms with Crippen molar-refractivity contribution in [2.75, 3.05) is 37.7 Å². The fraction of sp³-hybridized carbons (Fsp3) is 0.526. The van der Waals surface area contributed by atoms with Crippen molar-refractivity contribution in [1.82, 2.24) is 9.80 Å². The van der Waals surface area contributed by atoms with Crippen molar-refractivity contribution in [2.24, 2.45) is 0 Å². The predicted octanol–water partition coefficient (Wildman–Crippen LogP) is 1.34. The molecule has 2 atom stereocenters. The highest BCUT2D eigenvalue weighted by molar-refractivity contribution is 7.91. The van der Waals surface area contributed by atoms with Gasteiger partial charge in [0, 0.05) is 25.7 Å². The molecule has 0 bridgehead atoms. The van der Waals surface area contributed by atoms with Gasteiger partial charge >= 0.3 is 0 Å². The third kappa shape index (κ3) is 4.45. The van der Waals surface area contributed by atoms with Crippen LogP contribution in [0.4, 0.5) is 0 Å². The summed E-state index contributed by atoms with van der Waals surface area (Å²) in [6, 6.07) is 8.76. The predicted molar refractivity (Wildman–Crippen MR) is 101 cm³/mol. The number of allylic oxidation sites excluding steroid dienone is 1. The minimum Gasteiger partial charge on any atom is -0.484 e. The van der Waals surface area contributed by atoms with Crippen LogP contribution in [0.25, 0.3) is 0 Å². The molecule has 0 unspecified atom stereocenters. The lowest BCUT2D eigenvalue weighted by Gasteiger charge is -2.43. The van der Waals surface area contributed by atoms with Gasteiger partial charge in [0.1, 0.15) is 5.75 Å². The van der Waals surface area contributed by atoms with Gasteiger partial charge in [0.05, 0.1) is 17.5 Å². The molecule has 2 aliphatic rings. The molecule has 2 aliphatic heterocycles. The van der Waals surface area contributed by atoms with E-state index in [2.05, 4.69) is 11.0 Å². The summed E-state index contributed by atoms with van der Waals surface area (Å²) < 4.78 is 30.0. The monoisotopic (exact) mass is 378 g/mol. The second-order valence-electron chi connectivity index (χ2n) is 7.18. The van der Waals surface area contributed by atoms with Gasteiger partial charge in [0.15, 0.2) is 16.4 Å². The van der Waals surface area contributed by atoms with Gasteiger partial charge in [-0.25, -0.2) is 8.42 Å². The third-order valence-corrected chi connectivity index (χ3v) is 6.65. The van der Waals surface area contributed by atoms with E-state index in [-0.39, 0.29) is 36.1 Å². The average Bonchev–Trinajstić information content (AvgIpc) is 2.93. The third-order valence-electron chi connectivity index (χ3n) is 4.95. The minimum atomic E-state index is -3.13. The number of hydrogen-bond acceptors (Lipinski definition) is 5. The molecule has 26 heavy (non-hydrogen) atoms. The zero-order chi connectivity index (χ0) is 18.7. The Labute approximate surface area is 155 Å². The SMILES string of the molecule is CC(C)=CCN1CCN(C(=O)COc2ccccc2)[C@@H]2CS(=O)(=O)C[C@@H]21. The summed E-state index contributed by atoms with van der Waals surface area (Å²) in [5.41, 5.74) is 1.21. The van der Waals surface area contributed by atoms with E-state index in [1.807, 2.05) is 32.0 Å². The molecule has 0 spiro atoms. The lowest BCUT2D eigenvalue weighted by atomic mass is 10.0. The van der Waals surface area contributed by atoms with Crippen molar-refractivity contribution < 1.29 is 17.9 Å². The van der Waals surface area contributed by atoms with Crippen LogP contribution in [-0.2, 0) is 14.6 Å². The van der Waals surface area contributed by atoms with Gasteiger partial charge in [0.2, 0.25) is 0 Å². The van der Waals surface area contributed by atoms with Gasteiger partial charge in [-0.05, 0) is 26.0 Å². The number of sulfone groups is 1. The fourth-order valence-electron chi connectivity index (χ4n) is 3.61. The summed E-state index contributed by atoms with van der Waals surface area (Å²) in [5.74, 6) is 0.652. The summed E-state index contributed by atoms with van der Waals surface area (Å²) in [7, 11) is -3.13. The van der Waals surface area contributed by atoms with Gasteiger partial charge < -0.3 is 9.64 Å². The van der Waals surface area contributed by atoms with Crippen LogP contribution in [0.15, 0.2) is 42.0 Å². The first-order valence-corrected chi connectivity index (χ1v) is 10.7. The van der Waals surface area contributed by atoms with Crippen LogP contribution in [0.1, 0.15) is 13.8 Å². The molecule has 3 rings (SSSR count). The van der Waals surface area contributed by atoms with Gasteiger partial charge in [-0.1, -0.05) is 29.8 Å². The number of hydrogen-bond donors (Lipinski definition) is 0. The van der Waals surface area contributed by atoms with Crippen LogP contribution in [0.5, 0.6) is 5.75 Å². The Bertz CT molecular complexity index is 772. The molecule has 6 nitrogen and oxygen atoms in total. The maximum atomic E-state index is 12.7. The Kier molecular flexibility index (Phi) is 5.67. The van der Waals surface area contributed by atoms with Crippen LogP contribution in [0.2, 0.25) is 0 Å². The van der Waals surface area contributed by atoms with E-state index in [9.17, 15) is 13.2 Å². The van der Waals surface area contributed by atoms with Crippen LogP contribution in [0, 0.1) is 0 Å². The molecule has 2 heterocycles. The lowest BCUT2D eigenvalue weighted by molar-refractivity contribution is -0.139. The van der Waals surface area contributed by atoms with E-state index in [1.54, 1.807) is 17.0 Å². The van der Waals surface area contributed by atoms with E-state index in [4.69, 9.17) is 4.74 Å². The van der Waals surface area contributed by atoms with E-state index in [0.29, 0.717) is 18.8 Å². The summed E-state index contributed by atoms with van der Waals surface area (Å²) in [5, 5.41) is 0. The van der Waals surface area contributed by atoms with Gasteiger partial charge in [-0.3, -0.25) is 9.69 Å². The van der Waals surface area contributed by atoms with Crippen molar-refractivity contribution in [3.05, 3.63) is 42.0 Å². The normalized spacial score (nSPS) is 24.8. The number of para-hydroxylation sites is 1. The largest absolute Gasteiger partial charge is 0.484 e. The summed E-state index contributed by atoms with van der Waals surface area (Å²) in [6.07, 6.45) is 2.11. The molecule has 0 radical (unpaired) electrons. The van der Waals surface area contributed by atoms with Crippen molar-refractivity contribution in [3.63, 3.8) is 0 Å². The standard InChI is InChI=1S/C19H26N2O4S/c1-15(2)8-9-20-10-11-21(18-14-26(23,24)13-17(18)20)19(22)12-25-16-6-4-3-5-7-16/h3-8,17-18H,9-14H2,1-2H3/t17-,18+/m0/s1. The average molecular weight is 378 g/mol. The van der Waals surface area contributed by atoms with Gasteiger partial charge in [-0.2, -0.15) is 0 Å². The highest BCUT2D eigenvalue weighted by Gasteiger charge is 2.47. The summed E-state index contributed by atoms with van der Waals surface area (Å²) in [6.45, 7) is 5.93. The molecule has 142 valence electrons. The Morgan fingerprint density at radius 1 is 1.15 bits per heavy atom. The number of carbonyl (C=O) groups excluding carboxylic acids is 1. The fourth-order valence-corrected chi connectivity index (χ4v) is 5.62. The van der Waals surface area contributed by atoms with E-state index >= 15 is 0 Å². The number of piperazine rings is 1. The second-order valence-corrected chi connectivity index (χ2v) is 9.33. The van der Waals surface area contributed by atoms with Gasteiger partial charge in [0.25, 0.3) is 5.91 Å². The molecule has 2 fully saturated rings. The molecular weight excluding hydrogens is 352 g/mol. The van der Waals surface area contributed by atoms with Crippen LogP contribution in [0.3, 0.4) is 0 Å². The van der Waals surface area contributed by atoms with Crippen LogP contribution >= 0.6 is 0 Å². The number of carbonyl (C=O) groups is 1. The summed E-state index contributed by atoms with van der Waals surface area (Å²) >= 11 is 0. The highest BCUT2D eigenvalue weighted by Crippen LogP contribution is 2.27. The number of benzene rings is 1. The number of amides is 1. The van der Waals surface area contributed by atoms with Crippen molar-refractivity contribution in [3.8, 4) is 5.75 Å². The Hall–Kier alpha value is -1.86. The molecule has 0 aromatic heterocycles.